The third-order valence-electron chi connectivity index (χ3n) is 2.92. The average Bonchev–Trinajstić information content (AvgIpc) is 2.76. The number of rotatable bonds is 7. The molecule has 0 aliphatic heterocycles. The molecule has 19 heavy (non-hydrogen) atoms. The van der Waals surface area contributed by atoms with Crippen LogP contribution < -0.4 is 5.32 Å². The third-order valence-corrected chi connectivity index (χ3v) is 6.57. The predicted octanol–water partition coefficient (Wildman–Crippen LogP) is 2.32. The molecule has 6 heteroatoms. The average molecular weight is 304 g/mol. The van der Waals surface area contributed by atoms with Gasteiger partial charge in [-0.15, -0.1) is 11.3 Å². The summed E-state index contributed by atoms with van der Waals surface area (Å²) in [5, 5.41) is 3.33. The third kappa shape index (κ3) is 4.56. The van der Waals surface area contributed by atoms with Gasteiger partial charge in [0.05, 0.1) is 0 Å². The Hall–Kier alpha value is -0.430. The van der Waals surface area contributed by atoms with E-state index in [1.54, 1.807) is 13.1 Å². The normalized spacial score (nSPS) is 12.8. The molecule has 0 saturated carbocycles. The molecule has 0 radical (unpaired) electrons. The van der Waals surface area contributed by atoms with Gasteiger partial charge in [0.25, 0.3) is 10.0 Å². The lowest BCUT2D eigenvalue weighted by Crippen LogP contribution is -2.32. The molecule has 0 aromatic carbocycles. The molecule has 0 fully saturated rings. The summed E-state index contributed by atoms with van der Waals surface area (Å²) in [4.78, 5) is 1.10. The molecule has 1 N–H and O–H groups in total. The van der Waals surface area contributed by atoms with E-state index in [4.69, 9.17) is 0 Å². The maximum atomic E-state index is 12.3. The quantitative estimate of drug-likeness (QED) is 0.841. The molecule has 0 aliphatic rings. The van der Waals surface area contributed by atoms with Crippen molar-refractivity contribution in [1.29, 1.82) is 0 Å². The van der Waals surface area contributed by atoms with Gasteiger partial charge in [-0.25, -0.2) is 8.42 Å². The van der Waals surface area contributed by atoms with Crippen LogP contribution in [-0.4, -0.2) is 38.4 Å². The molecular formula is C13H24N2O2S2. The molecular weight excluding hydrogens is 280 g/mol. The molecule has 1 heterocycles. The van der Waals surface area contributed by atoms with E-state index in [1.807, 2.05) is 19.9 Å². The van der Waals surface area contributed by atoms with Gasteiger partial charge in [0.15, 0.2) is 0 Å². The largest absolute Gasteiger partial charge is 0.314 e. The van der Waals surface area contributed by atoms with E-state index in [2.05, 4.69) is 19.2 Å². The summed E-state index contributed by atoms with van der Waals surface area (Å²) in [5.41, 5.74) is 0. The van der Waals surface area contributed by atoms with Crippen LogP contribution in [0.3, 0.4) is 0 Å². The Kier molecular flexibility index (Phi) is 5.98. The number of thiophene rings is 1. The van der Waals surface area contributed by atoms with Crippen molar-refractivity contribution in [2.45, 2.75) is 50.4 Å². The fourth-order valence-corrected chi connectivity index (χ4v) is 4.44. The van der Waals surface area contributed by atoms with Crippen molar-refractivity contribution in [3.05, 3.63) is 17.0 Å². The SMILES string of the molecule is CC(C)NCCc1ccc(S(=O)(=O)N(C)C(C)C)s1. The van der Waals surface area contributed by atoms with E-state index in [9.17, 15) is 8.42 Å². The molecule has 0 amide bonds. The number of nitrogens with one attached hydrogen (secondary N) is 1. The van der Waals surface area contributed by atoms with Crippen LogP contribution in [0.15, 0.2) is 16.3 Å². The summed E-state index contributed by atoms with van der Waals surface area (Å²) in [6.07, 6.45) is 0.865. The smallest absolute Gasteiger partial charge is 0.252 e. The van der Waals surface area contributed by atoms with Crippen LogP contribution in [0, 0.1) is 0 Å². The first kappa shape index (κ1) is 16.6. The minimum Gasteiger partial charge on any atom is -0.314 e. The second kappa shape index (κ2) is 6.83. The summed E-state index contributed by atoms with van der Waals surface area (Å²) in [7, 11) is -1.70. The first-order chi connectivity index (χ1) is 8.75. The van der Waals surface area contributed by atoms with Crippen molar-refractivity contribution in [3.63, 3.8) is 0 Å². The monoisotopic (exact) mass is 304 g/mol. The van der Waals surface area contributed by atoms with Crippen LogP contribution in [0.1, 0.15) is 32.6 Å². The number of sulfonamides is 1. The Morgan fingerprint density at radius 1 is 1.26 bits per heavy atom. The molecule has 110 valence electrons. The van der Waals surface area contributed by atoms with E-state index in [0.29, 0.717) is 10.3 Å². The van der Waals surface area contributed by atoms with Gasteiger partial charge in [0.2, 0.25) is 0 Å². The zero-order chi connectivity index (χ0) is 14.6. The summed E-state index contributed by atoms with van der Waals surface area (Å²) in [6.45, 7) is 8.82. The van der Waals surface area contributed by atoms with Crippen molar-refractivity contribution < 1.29 is 8.42 Å². The fraction of sp³-hybridized carbons (Fsp3) is 0.692. The topological polar surface area (TPSA) is 49.4 Å². The highest BCUT2D eigenvalue weighted by atomic mass is 32.2. The molecule has 1 rings (SSSR count). The second-order valence-corrected chi connectivity index (χ2v) is 8.59. The summed E-state index contributed by atoms with van der Waals surface area (Å²) >= 11 is 1.37. The fourth-order valence-electron chi connectivity index (χ4n) is 1.53. The van der Waals surface area contributed by atoms with Crippen LogP contribution in [0.2, 0.25) is 0 Å². The maximum Gasteiger partial charge on any atom is 0.252 e. The Bertz CT molecular complexity index is 492. The van der Waals surface area contributed by atoms with Gasteiger partial charge in [-0.05, 0) is 32.4 Å². The second-order valence-electron chi connectivity index (χ2n) is 5.19. The first-order valence-electron chi connectivity index (χ1n) is 6.55. The highest BCUT2D eigenvalue weighted by Crippen LogP contribution is 2.25. The summed E-state index contributed by atoms with van der Waals surface area (Å²) < 4.78 is 26.4. The van der Waals surface area contributed by atoms with Gasteiger partial charge in [0, 0.05) is 30.6 Å². The van der Waals surface area contributed by atoms with E-state index in [-0.39, 0.29) is 6.04 Å². The van der Waals surface area contributed by atoms with Gasteiger partial charge in [-0.2, -0.15) is 4.31 Å². The van der Waals surface area contributed by atoms with Gasteiger partial charge >= 0.3 is 0 Å². The van der Waals surface area contributed by atoms with Gasteiger partial charge in [0.1, 0.15) is 4.21 Å². The van der Waals surface area contributed by atoms with Crippen LogP contribution in [-0.2, 0) is 16.4 Å². The maximum absolute atomic E-state index is 12.3. The molecule has 4 nitrogen and oxygen atoms in total. The number of hydrogen-bond acceptors (Lipinski definition) is 4. The van der Waals surface area contributed by atoms with Crippen LogP contribution >= 0.6 is 11.3 Å². The lowest BCUT2D eigenvalue weighted by atomic mass is 10.3. The van der Waals surface area contributed by atoms with E-state index >= 15 is 0 Å². The summed E-state index contributed by atoms with van der Waals surface area (Å²) in [6, 6.07) is 4.05. The Balaban J connectivity index is 2.74. The molecule has 0 spiro atoms. The predicted molar refractivity (Wildman–Crippen MR) is 81.2 cm³/mol. The minimum atomic E-state index is -3.33. The van der Waals surface area contributed by atoms with Gasteiger partial charge in [-0.1, -0.05) is 13.8 Å². The van der Waals surface area contributed by atoms with Crippen molar-refractivity contribution in [2.24, 2.45) is 0 Å². The lowest BCUT2D eigenvalue weighted by molar-refractivity contribution is 0.412. The van der Waals surface area contributed by atoms with Crippen LogP contribution in [0.5, 0.6) is 0 Å². The van der Waals surface area contributed by atoms with Crippen LogP contribution in [0.4, 0.5) is 0 Å². The van der Waals surface area contributed by atoms with E-state index < -0.39 is 10.0 Å². The zero-order valence-corrected chi connectivity index (χ0v) is 13.9. The Morgan fingerprint density at radius 2 is 1.89 bits per heavy atom. The van der Waals surface area contributed by atoms with Crippen molar-refractivity contribution in [3.8, 4) is 0 Å². The van der Waals surface area contributed by atoms with Crippen molar-refractivity contribution >= 4 is 21.4 Å². The molecule has 0 saturated heterocycles. The van der Waals surface area contributed by atoms with Gasteiger partial charge in [-0.3, -0.25) is 0 Å². The van der Waals surface area contributed by atoms with Gasteiger partial charge < -0.3 is 5.32 Å². The lowest BCUT2D eigenvalue weighted by Gasteiger charge is -2.19. The molecule has 0 unspecified atom stereocenters. The first-order valence-corrected chi connectivity index (χ1v) is 8.81. The highest BCUT2D eigenvalue weighted by Gasteiger charge is 2.24. The zero-order valence-electron chi connectivity index (χ0n) is 12.3. The molecule has 1 aromatic rings. The van der Waals surface area contributed by atoms with Crippen molar-refractivity contribution in [2.75, 3.05) is 13.6 Å². The highest BCUT2D eigenvalue weighted by molar-refractivity contribution is 7.91. The van der Waals surface area contributed by atoms with Crippen molar-refractivity contribution in [1.82, 2.24) is 9.62 Å². The minimum absolute atomic E-state index is 0.0295. The van der Waals surface area contributed by atoms with E-state index in [0.717, 1.165) is 17.8 Å². The standard InChI is InChI=1S/C13H24N2O2S2/c1-10(2)14-9-8-12-6-7-13(18-12)19(16,17)15(5)11(3)4/h6-7,10-11,14H,8-9H2,1-5H3. The van der Waals surface area contributed by atoms with E-state index in [1.165, 1.54) is 15.6 Å². The number of nitrogens with zero attached hydrogens (tertiary/aromatic N) is 1. The summed E-state index contributed by atoms with van der Waals surface area (Å²) in [5.74, 6) is 0. The van der Waals surface area contributed by atoms with Crippen LogP contribution in [0.25, 0.3) is 0 Å². The molecule has 0 atom stereocenters. The molecule has 1 aromatic heterocycles. The molecule has 0 aliphatic carbocycles. The number of hydrogen-bond donors (Lipinski definition) is 1. The molecule has 0 bridgehead atoms. The Labute approximate surface area is 120 Å². The Morgan fingerprint density at radius 3 is 2.42 bits per heavy atom.